The van der Waals surface area contributed by atoms with Gasteiger partial charge in [0.2, 0.25) is 0 Å². The average molecular weight is 330 g/mol. The summed E-state index contributed by atoms with van der Waals surface area (Å²) in [5.41, 5.74) is 0.673. The van der Waals surface area contributed by atoms with E-state index in [0.717, 1.165) is 43.9 Å². The summed E-state index contributed by atoms with van der Waals surface area (Å²) in [6.45, 7) is 8.17. The Labute approximate surface area is 142 Å². The number of piperazine rings is 1. The first kappa shape index (κ1) is 17.1. The minimum atomic E-state index is -0.302. The van der Waals surface area contributed by atoms with Gasteiger partial charge in [0.15, 0.2) is 0 Å². The highest BCUT2D eigenvalue weighted by Gasteiger charge is 2.26. The first-order chi connectivity index (χ1) is 11.6. The number of aliphatic hydroxyl groups excluding tert-OH is 1. The van der Waals surface area contributed by atoms with Crippen molar-refractivity contribution in [2.24, 2.45) is 0 Å². The number of H-pyrrole nitrogens is 1. The Morgan fingerprint density at radius 3 is 2.92 bits per heavy atom. The van der Waals surface area contributed by atoms with Crippen LogP contribution < -0.4 is 5.56 Å². The quantitative estimate of drug-likeness (QED) is 0.862. The molecule has 1 aromatic heterocycles. The maximum absolute atomic E-state index is 12.2. The maximum atomic E-state index is 12.2. The number of rotatable bonds is 5. The van der Waals surface area contributed by atoms with Gasteiger partial charge >= 0.3 is 0 Å². The number of hydrogen-bond acceptors (Lipinski definition) is 5. The second kappa shape index (κ2) is 7.42. The molecule has 2 heterocycles. The largest absolute Gasteiger partial charge is 0.392 e. The number of nitrogens with zero attached hydrogens (tertiary/aromatic N) is 3. The predicted molar refractivity (Wildman–Crippen MR) is 95.0 cm³/mol. The number of aromatic amines is 1. The van der Waals surface area contributed by atoms with Gasteiger partial charge < -0.3 is 10.1 Å². The van der Waals surface area contributed by atoms with Crippen LogP contribution in [0.15, 0.2) is 29.1 Å². The number of hydrogen-bond donors (Lipinski definition) is 2. The molecule has 1 saturated heterocycles. The monoisotopic (exact) mass is 330 g/mol. The lowest BCUT2D eigenvalue weighted by Crippen LogP contribution is -2.54. The molecular formula is C18H26N4O2. The summed E-state index contributed by atoms with van der Waals surface area (Å²) in [4.78, 5) is 24.4. The van der Waals surface area contributed by atoms with Crippen LogP contribution in [-0.4, -0.2) is 63.2 Å². The van der Waals surface area contributed by atoms with E-state index in [1.54, 1.807) is 6.07 Å². The van der Waals surface area contributed by atoms with Crippen LogP contribution in [0.4, 0.5) is 0 Å². The van der Waals surface area contributed by atoms with E-state index in [-0.39, 0.29) is 11.7 Å². The van der Waals surface area contributed by atoms with Gasteiger partial charge in [-0.2, -0.15) is 0 Å². The molecule has 0 aliphatic carbocycles. The SMILES string of the molecule is CC[C@H]1CN(Cc2nc3ccccc3c(=O)[nH]2)CCN1C[C@H](C)O. The van der Waals surface area contributed by atoms with Crippen LogP contribution in [0.5, 0.6) is 0 Å². The smallest absolute Gasteiger partial charge is 0.258 e. The Morgan fingerprint density at radius 2 is 2.17 bits per heavy atom. The molecule has 2 aromatic rings. The number of fused-ring (bicyclic) bond motifs is 1. The van der Waals surface area contributed by atoms with Gasteiger partial charge in [-0.15, -0.1) is 0 Å². The minimum Gasteiger partial charge on any atom is -0.392 e. The van der Waals surface area contributed by atoms with Crippen molar-refractivity contribution in [3.05, 3.63) is 40.4 Å². The molecule has 1 fully saturated rings. The molecule has 2 N–H and O–H groups in total. The van der Waals surface area contributed by atoms with Crippen molar-refractivity contribution in [2.75, 3.05) is 26.2 Å². The van der Waals surface area contributed by atoms with Gasteiger partial charge in [-0.3, -0.25) is 14.6 Å². The van der Waals surface area contributed by atoms with E-state index in [2.05, 4.69) is 26.7 Å². The third-order valence-electron chi connectivity index (χ3n) is 4.69. The molecule has 24 heavy (non-hydrogen) atoms. The lowest BCUT2D eigenvalue weighted by atomic mass is 10.1. The molecule has 1 aliphatic heterocycles. The number of β-amino-alcohol motifs (C(OH)–C–C–N with tert-alkyl or cyclic N) is 1. The van der Waals surface area contributed by atoms with Crippen LogP contribution in [0.1, 0.15) is 26.1 Å². The molecule has 0 amide bonds. The highest BCUT2D eigenvalue weighted by molar-refractivity contribution is 5.77. The van der Waals surface area contributed by atoms with Crippen LogP contribution in [-0.2, 0) is 6.54 Å². The van der Waals surface area contributed by atoms with Crippen molar-refractivity contribution in [1.29, 1.82) is 0 Å². The topological polar surface area (TPSA) is 72.5 Å². The van der Waals surface area contributed by atoms with E-state index < -0.39 is 0 Å². The molecule has 0 bridgehead atoms. The van der Waals surface area contributed by atoms with E-state index in [9.17, 15) is 9.90 Å². The second-order valence-electron chi connectivity index (χ2n) is 6.67. The molecule has 6 heteroatoms. The third kappa shape index (κ3) is 3.83. The van der Waals surface area contributed by atoms with Gasteiger partial charge in [0.1, 0.15) is 5.82 Å². The van der Waals surface area contributed by atoms with Gasteiger partial charge in [0.25, 0.3) is 5.56 Å². The highest BCUT2D eigenvalue weighted by atomic mass is 16.3. The maximum Gasteiger partial charge on any atom is 0.258 e. The summed E-state index contributed by atoms with van der Waals surface area (Å²) in [6, 6.07) is 7.86. The molecular weight excluding hydrogens is 304 g/mol. The number of aliphatic hydroxyl groups is 1. The Kier molecular flexibility index (Phi) is 5.28. The van der Waals surface area contributed by atoms with Gasteiger partial charge in [-0.25, -0.2) is 4.98 Å². The zero-order chi connectivity index (χ0) is 17.1. The molecule has 0 unspecified atom stereocenters. The van der Waals surface area contributed by atoms with Crippen molar-refractivity contribution in [3.8, 4) is 0 Å². The minimum absolute atomic E-state index is 0.0737. The highest BCUT2D eigenvalue weighted by Crippen LogP contribution is 2.15. The lowest BCUT2D eigenvalue weighted by molar-refractivity contribution is 0.0329. The number of benzene rings is 1. The van der Waals surface area contributed by atoms with Crippen LogP contribution in [0.3, 0.4) is 0 Å². The van der Waals surface area contributed by atoms with Crippen LogP contribution >= 0.6 is 0 Å². The van der Waals surface area contributed by atoms with Gasteiger partial charge in [-0.1, -0.05) is 19.1 Å². The molecule has 1 aliphatic rings. The van der Waals surface area contributed by atoms with E-state index in [1.807, 2.05) is 25.1 Å². The Bertz CT molecular complexity index is 743. The zero-order valence-electron chi connectivity index (χ0n) is 14.4. The van der Waals surface area contributed by atoms with E-state index >= 15 is 0 Å². The molecule has 0 saturated carbocycles. The summed E-state index contributed by atoms with van der Waals surface area (Å²) >= 11 is 0. The molecule has 130 valence electrons. The molecule has 0 radical (unpaired) electrons. The van der Waals surface area contributed by atoms with Gasteiger partial charge in [-0.05, 0) is 25.5 Å². The fraction of sp³-hybridized carbons (Fsp3) is 0.556. The second-order valence-corrected chi connectivity index (χ2v) is 6.67. The number of nitrogens with one attached hydrogen (secondary N) is 1. The Morgan fingerprint density at radius 1 is 1.38 bits per heavy atom. The van der Waals surface area contributed by atoms with Crippen LogP contribution in [0.25, 0.3) is 10.9 Å². The zero-order valence-corrected chi connectivity index (χ0v) is 14.4. The van der Waals surface area contributed by atoms with Gasteiger partial charge in [0.05, 0.1) is 23.6 Å². The van der Waals surface area contributed by atoms with Crippen molar-refractivity contribution in [1.82, 2.24) is 19.8 Å². The normalized spacial score (nSPS) is 21.2. The van der Waals surface area contributed by atoms with Crippen molar-refractivity contribution < 1.29 is 5.11 Å². The van der Waals surface area contributed by atoms with Crippen molar-refractivity contribution in [2.45, 2.75) is 39.0 Å². The predicted octanol–water partition coefficient (Wildman–Crippen LogP) is 1.20. The summed E-state index contributed by atoms with van der Waals surface area (Å²) in [5, 5.41) is 10.3. The fourth-order valence-corrected chi connectivity index (χ4v) is 3.49. The summed E-state index contributed by atoms with van der Waals surface area (Å²) < 4.78 is 0. The number of para-hydroxylation sites is 1. The fourth-order valence-electron chi connectivity index (χ4n) is 3.49. The first-order valence-corrected chi connectivity index (χ1v) is 8.69. The third-order valence-corrected chi connectivity index (χ3v) is 4.69. The Balaban J connectivity index is 1.72. The lowest BCUT2D eigenvalue weighted by Gasteiger charge is -2.41. The summed E-state index contributed by atoms with van der Waals surface area (Å²) in [7, 11) is 0. The molecule has 1 aromatic carbocycles. The Hall–Kier alpha value is -1.76. The summed E-state index contributed by atoms with van der Waals surface area (Å²) in [6.07, 6.45) is 0.745. The molecule has 0 spiro atoms. The van der Waals surface area contributed by atoms with Crippen molar-refractivity contribution in [3.63, 3.8) is 0 Å². The molecule has 3 rings (SSSR count). The average Bonchev–Trinajstić information content (AvgIpc) is 2.56. The standard InChI is InChI=1S/C18H26N4O2/c1-3-14-11-21(8-9-22(14)10-13(2)23)12-17-19-16-7-5-4-6-15(16)18(24)20-17/h4-7,13-14,23H,3,8-12H2,1-2H3,(H,19,20,24)/t13-,14-/m0/s1. The summed E-state index contributed by atoms with van der Waals surface area (Å²) in [5.74, 6) is 0.720. The molecule has 2 atom stereocenters. The van der Waals surface area contributed by atoms with E-state index in [0.29, 0.717) is 18.0 Å². The van der Waals surface area contributed by atoms with E-state index in [1.165, 1.54) is 0 Å². The molecule has 6 nitrogen and oxygen atoms in total. The number of aromatic nitrogens is 2. The van der Waals surface area contributed by atoms with E-state index in [4.69, 9.17) is 0 Å². The van der Waals surface area contributed by atoms with Crippen LogP contribution in [0, 0.1) is 0 Å². The first-order valence-electron chi connectivity index (χ1n) is 8.69. The van der Waals surface area contributed by atoms with Gasteiger partial charge in [0, 0.05) is 32.2 Å². The van der Waals surface area contributed by atoms with Crippen molar-refractivity contribution >= 4 is 10.9 Å². The van der Waals surface area contributed by atoms with Crippen LogP contribution in [0.2, 0.25) is 0 Å².